The molecule has 0 bridgehead atoms. The number of carbonyl (C=O) groups is 3. The Morgan fingerprint density at radius 3 is 2.60 bits per heavy atom. The molecule has 7 heteroatoms. The molecule has 3 rings (SSSR count). The van der Waals surface area contributed by atoms with E-state index in [4.69, 9.17) is 0 Å². The summed E-state index contributed by atoms with van der Waals surface area (Å²) in [5, 5.41) is 9.01. The Bertz CT molecular complexity index is 779. The summed E-state index contributed by atoms with van der Waals surface area (Å²) in [5.41, 5.74) is 1.84. The number of hydrogen-bond donors (Lipinski definition) is 3. The lowest BCUT2D eigenvalue weighted by atomic mass is 9.85. The molecule has 3 unspecified atom stereocenters. The molecule has 4 amide bonds. The number of hydrogen-bond acceptors (Lipinski definition) is 3. The van der Waals surface area contributed by atoms with Gasteiger partial charge in [0.1, 0.15) is 0 Å². The Morgan fingerprint density at radius 2 is 1.90 bits per heavy atom. The predicted molar refractivity (Wildman–Crippen MR) is 117 cm³/mol. The van der Waals surface area contributed by atoms with Crippen molar-refractivity contribution in [3.63, 3.8) is 0 Å². The van der Waals surface area contributed by atoms with E-state index in [1.807, 2.05) is 45.0 Å². The monoisotopic (exact) mass is 414 g/mol. The average molecular weight is 415 g/mol. The van der Waals surface area contributed by atoms with E-state index >= 15 is 0 Å². The molecule has 1 heterocycles. The first kappa shape index (κ1) is 22.1. The maximum Gasteiger partial charge on any atom is 0.315 e. The van der Waals surface area contributed by atoms with Gasteiger partial charge in [0.25, 0.3) is 0 Å². The Labute approximate surface area is 179 Å². The maximum absolute atomic E-state index is 12.6. The summed E-state index contributed by atoms with van der Waals surface area (Å²) in [6, 6.07) is 7.51. The number of carbonyl (C=O) groups excluding carboxylic acids is 3. The molecule has 1 aromatic rings. The number of amides is 4. The summed E-state index contributed by atoms with van der Waals surface area (Å²) in [7, 11) is 0. The number of nitrogens with one attached hydrogen (secondary N) is 3. The van der Waals surface area contributed by atoms with E-state index in [1.165, 1.54) is 0 Å². The minimum atomic E-state index is -0.222. The molecule has 1 aliphatic heterocycles. The first-order chi connectivity index (χ1) is 14.3. The number of anilines is 1. The third-order valence-corrected chi connectivity index (χ3v) is 5.91. The van der Waals surface area contributed by atoms with Crippen LogP contribution in [-0.4, -0.2) is 36.5 Å². The second-order valence-electron chi connectivity index (χ2n) is 8.81. The van der Waals surface area contributed by atoms with Gasteiger partial charge >= 0.3 is 6.03 Å². The molecule has 7 nitrogen and oxygen atoms in total. The van der Waals surface area contributed by atoms with Gasteiger partial charge in [-0.15, -0.1) is 0 Å². The van der Waals surface area contributed by atoms with E-state index in [1.54, 1.807) is 4.90 Å². The van der Waals surface area contributed by atoms with Gasteiger partial charge in [-0.1, -0.05) is 18.6 Å². The van der Waals surface area contributed by atoms with Crippen LogP contribution in [-0.2, 0) is 9.59 Å². The summed E-state index contributed by atoms with van der Waals surface area (Å²) in [5.74, 6) is 0.191. The molecule has 30 heavy (non-hydrogen) atoms. The van der Waals surface area contributed by atoms with Crippen LogP contribution in [0.15, 0.2) is 24.3 Å². The number of benzene rings is 1. The first-order valence-electron chi connectivity index (χ1n) is 11.1. The van der Waals surface area contributed by atoms with Gasteiger partial charge < -0.3 is 20.9 Å². The minimum absolute atomic E-state index is 0.00224. The second kappa shape index (κ2) is 9.96. The smallest absolute Gasteiger partial charge is 0.315 e. The minimum Gasteiger partial charge on any atom is -0.354 e. The highest BCUT2D eigenvalue weighted by Crippen LogP contribution is 2.26. The van der Waals surface area contributed by atoms with Gasteiger partial charge in [0.2, 0.25) is 11.8 Å². The van der Waals surface area contributed by atoms with Gasteiger partial charge in [0, 0.05) is 36.7 Å². The van der Waals surface area contributed by atoms with Gasteiger partial charge in [-0.05, 0) is 64.2 Å². The lowest BCUT2D eigenvalue weighted by molar-refractivity contribution is -0.126. The van der Waals surface area contributed by atoms with Gasteiger partial charge in [-0.3, -0.25) is 9.59 Å². The Morgan fingerprint density at radius 1 is 1.10 bits per heavy atom. The van der Waals surface area contributed by atoms with E-state index < -0.39 is 0 Å². The SMILES string of the molecule is CC(C)NC(=O)C1CCCC(NC(=O)NC(C)c2cccc(N3CCCC3=O)c2)C1. The molecule has 164 valence electrons. The summed E-state index contributed by atoms with van der Waals surface area (Å²) in [6.07, 6.45) is 4.85. The first-order valence-corrected chi connectivity index (χ1v) is 11.1. The fraction of sp³-hybridized carbons (Fsp3) is 0.609. The highest BCUT2D eigenvalue weighted by Gasteiger charge is 2.28. The molecule has 0 spiro atoms. The molecule has 2 fully saturated rings. The van der Waals surface area contributed by atoms with Crippen molar-refractivity contribution >= 4 is 23.5 Å². The zero-order valence-corrected chi connectivity index (χ0v) is 18.2. The van der Waals surface area contributed by atoms with Gasteiger partial charge in [-0.2, -0.15) is 0 Å². The van der Waals surface area contributed by atoms with E-state index in [0.29, 0.717) is 12.8 Å². The van der Waals surface area contributed by atoms with Crippen molar-refractivity contribution in [1.82, 2.24) is 16.0 Å². The van der Waals surface area contributed by atoms with Crippen molar-refractivity contribution in [2.75, 3.05) is 11.4 Å². The Hall–Kier alpha value is -2.57. The third-order valence-electron chi connectivity index (χ3n) is 5.91. The van der Waals surface area contributed by atoms with Crippen molar-refractivity contribution in [1.29, 1.82) is 0 Å². The van der Waals surface area contributed by atoms with E-state index in [9.17, 15) is 14.4 Å². The van der Waals surface area contributed by atoms with Crippen LogP contribution >= 0.6 is 0 Å². The molecule has 3 N–H and O–H groups in total. The second-order valence-corrected chi connectivity index (χ2v) is 8.81. The third kappa shape index (κ3) is 5.74. The Kier molecular flexibility index (Phi) is 7.34. The molecule has 1 saturated heterocycles. The van der Waals surface area contributed by atoms with Crippen molar-refractivity contribution in [2.24, 2.45) is 5.92 Å². The van der Waals surface area contributed by atoms with Crippen LogP contribution in [0, 0.1) is 5.92 Å². The van der Waals surface area contributed by atoms with E-state index in [2.05, 4.69) is 16.0 Å². The molecule has 1 saturated carbocycles. The van der Waals surface area contributed by atoms with Crippen LogP contribution in [0.2, 0.25) is 0 Å². The highest BCUT2D eigenvalue weighted by atomic mass is 16.2. The molecule has 1 aliphatic carbocycles. The van der Waals surface area contributed by atoms with Crippen LogP contribution in [0.1, 0.15) is 70.9 Å². The van der Waals surface area contributed by atoms with E-state index in [-0.39, 0.29) is 41.9 Å². The van der Waals surface area contributed by atoms with Crippen LogP contribution in [0.3, 0.4) is 0 Å². The topological polar surface area (TPSA) is 90.5 Å². The van der Waals surface area contributed by atoms with Crippen LogP contribution in [0.25, 0.3) is 0 Å². The van der Waals surface area contributed by atoms with Gasteiger partial charge in [-0.25, -0.2) is 4.79 Å². The molecule has 1 aromatic carbocycles. The van der Waals surface area contributed by atoms with Crippen molar-refractivity contribution in [2.45, 2.75) is 77.4 Å². The summed E-state index contributed by atoms with van der Waals surface area (Å²) >= 11 is 0. The summed E-state index contributed by atoms with van der Waals surface area (Å²) in [4.78, 5) is 38.7. The highest BCUT2D eigenvalue weighted by molar-refractivity contribution is 5.95. The average Bonchev–Trinajstić information content (AvgIpc) is 3.13. The van der Waals surface area contributed by atoms with Gasteiger partial charge in [0.05, 0.1) is 6.04 Å². The lowest BCUT2D eigenvalue weighted by Crippen LogP contribution is -2.47. The zero-order chi connectivity index (χ0) is 21.7. The molecule has 3 atom stereocenters. The predicted octanol–water partition coefficient (Wildman–Crippen LogP) is 3.26. The number of urea groups is 1. The quantitative estimate of drug-likeness (QED) is 0.667. The summed E-state index contributed by atoms with van der Waals surface area (Å²) < 4.78 is 0. The van der Waals surface area contributed by atoms with E-state index in [0.717, 1.165) is 43.5 Å². The van der Waals surface area contributed by atoms with Crippen LogP contribution < -0.4 is 20.9 Å². The van der Waals surface area contributed by atoms with Crippen LogP contribution in [0.4, 0.5) is 10.5 Å². The molecule has 0 radical (unpaired) electrons. The fourth-order valence-corrected chi connectivity index (χ4v) is 4.35. The Balaban J connectivity index is 1.53. The molecule has 0 aromatic heterocycles. The fourth-order valence-electron chi connectivity index (χ4n) is 4.35. The molecule has 2 aliphatic rings. The number of nitrogens with zero attached hydrogens (tertiary/aromatic N) is 1. The molecular formula is C23H34N4O3. The van der Waals surface area contributed by atoms with Crippen molar-refractivity contribution in [3.8, 4) is 0 Å². The summed E-state index contributed by atoms with van der Waals surface area (Å²) in [6.45, 7) is 6.60. The van der Waals surface area contributed by atoms with Gasteiger partial charge in [0.15, 0.2) is 0 Å². The van der Waals surface area contributed by atoms with Crippen molar-refractivity contribution < 1.29 is 14.4 Å². The zero-order valence-electron chi connectivity index (χ0n) is 18.2. The number of rotatable bonds is 6. The van der Waals surface area contributed by atoms with Crippen molar-refractivity contribution in [3.05, 3.63) is 29.8 Å². The molecular weight excluding hydrogens is 380 g/mol. The van der Waals surface area contributed by atoms with Crippen LogP contribution in [0.5, 0.6) is 0 Å². The lowest BCUT2D eigenvalue weighted by Gasteiger charge is -2.30. The largest absolute Gasteiger partial charge is 0.354 e. The standard InChI is InChI=1S/C23H34N4O3/c1-15(2)24-22(29)18-8-4-9-19(13-18)26-23(30)25-16(3)17-7-5-10-20(14-17)27-12-6-11-21(27)28/h5,7,10,14-16,18-19H,4,6,8-9,11-13H2,1-3H3,(H,24,29)(H2,25,26,30). The normalized spacial score (nSPS) is 22.7. The maximum atomic E-state index is 12.6.